The van der Waals surface area contributed by atoms with E-state index in [1.165, 1.54) is 6.07 Å². The maximum Gasteiger partial charge on any atom is 0.127 e. The van der Waals surface area contributed by atoms with Gasteiger partial charge in [0, 0.05) is 10.4 Å². The predicted molar refractivity (Wildman–Crippen MR) is 68.8 cm³/mol. The number of halogens is 3. The van der Waals surface area contributed by atoms with Crippen molar-refractivity contribution in [3.63, 3.8) is 0 Å². The molecular formula is C13H17Cl2F. The monoisotopic (exact) mass is 262 g/mol. The molecule has 0 fully saturated rings. The average Bonchev–Trinajstić information content (AvgIpc) is 2.15. The molecule has 1 atom stereocenters. The highest BCUT2D eigenvalue weighted by Crippen LogP contribution is 2.20. The molecule has 0 saturated heterocycles. The number of hydrogen-bond acceptors (Lipinski definition) is 0. The first-order valence-corrected chi connectivity index (χ1v) is 6.38. The van der Waals surface area contributed by atoms with Gasteiger partial charge in [-0.25, -0.2) is 4.39 Å². The van der Waals surface area contributed by atoms with Crippen LogP contribution in [-0.4, -0.2) is 5.38 Å². The van der Waals surface area contributed by atoms with E-state index in [2.05, 4.69) is 13.8 Å². The van der Waals surface area contributed by atoms with Crippen molar-refractivity contribution in [2.45, 2.75) is 38.5 Å². The zero-order valence-electron chi connectivity index (χ0n) is 9.64. The molecule has 0 radical (unpaired) electrons. The molecule has 3 heteroatoms. The van der Waals surface area contributed by atoms with Crippen molar-refractivity contribution in [1.29, 1.82) is 0 Å². The van der Waals surface area contributed by atoms with Gasteiger partial charge in [0.1, 0.15) is 5.82 Å². The molecule has 1 unspecified atom stereocenters. The molecule has 0 heterocycles. The van der Waals surface area contributed by atoms with Gasteiger partial charge in [0.25, 0.3) is 0 Å². The second-order valence-electron chi connectivity index (χ2n) is 4.50. The van der Waals surface area contributed by atoms with Crippen molar-refractivity contribution in [3.05, 3.63) is 34.6 Å². The summed E-state index contributed by atoms with van der Waals surface area (Å²) in [5.74, 6) is 0.346. The van der Waals surface area contributed by atoms with E-state index >= 15 is 0 Å². The Bertz CT molecular complexity index is 337. The fourth-order valence-electron chi connectivity index (χ4n) is 1.67. The van der Waals surface area contributed by atoms with E-state index in [0.29, 0.717) is 22.9 Å². The highest BCUT2D eigenvalue weighted by atomic mass is 35.5. The molecule has 0 nitrogen and oxygen atoms in total. The molecule has 0 aliphatic heterocycles. The molecule has 0 aliphatic carbocycles. The van der Waals surface area contributed by atoms with Crippen molar-refractivity contribution in [3.8, 4) is 0 Å². The number of alkyl halides is 1. The summed E-state index contributed by atoms with van der Waals surface area (Å²) in [4.78, 5) is 0. The van der Waals surface area contributed by atoms with Gasteiger partial charge in [-0.15, -0.1) is 11.6 Å². The number of rotatable bonds is 5. The van der Waals surface area contributed by atoms with Crippen molar-refractivity contribution in [2.75, 3.05) is 0 Å². The minimum atomic E-state index is -0.235. The Morgan fingerprint density at radius 1 is 1.31 bits per heavy atom. The highest BCUT2D eigenvalue weighted by Gasteiger charge is 2.09. The Hall–Kier alpha value is -0.270. The van der Waals surface area contributed by atoms with E-state index in [1.807, 2.05) is 0 Å². The smallest absolute Gasteiger partial charge is 0.127 e. The summed E-state index contributed by atoms with van der Waals surface area (Å²) in [6, 6.07) is 4.80. The molecule has 0 bridgehead atoms. The van der Waals surface area contributed by atoms with Crippen LogP contribution in [0.15, 0.2) is 18.2 Å². The summed E-state index contributed by atoms with van der Waals surface area (Å²) in [5, 5.41) is 0.556. The maximum absolute atomic E-state index is 13.4. The van der Waals surface area contributed by atoms with E-state index in [1.54, 1.807) is 12.1 Å². The third-order valence-electron chi connectivity index (χ3n) is 2.47. The third kappa shape index (κ3) is 4.71. The Labute approximate surface area is 107 Å². The lowest BCUT2D eigenvalue weighted by atomic mass is 10.0. The normalized spacial score (nSPS) is 13.1. The molecule has 0 N–H and O–H groups in total. The van der Waals surface area contributed by atoms with Crippen LogP contribution in [-0.2, 0) is 6.42 Å². The molecule has 0 spiro atoms. The standard InChI is InChI=1S/C13H17Cl2F/c1-9(2)7-11(14)5-3-10-4-6-12(15)8-13(10)16/h4,6,8-9,11H,3,5,7H2,1-2H3. The van der Waals surface area contributed by atoms with Crippen LogP contribution in [0.2, 0.25) is 5.02 Å². The summed E-state index contributed by atoms with van der Waals surface area (Å²) in [6.07, 6.45) is 2.44. The van der Waals surface area contributed by atoms with Crippen molar-refractivity contribution < 1.29 is 4.39 Å². The summed E-state index contributed by atoms with van der Waals surface area (Å²) >= 11 is 11.8. The molecule has 1 rings (SSSR count). The SMILES string of the molecule is CC(C)CC(Cl)CCc1ccc(Cl)cc1F. The molecule has 0 amide bonds. The maximum atomic E-state index is 13.4. The van der Waals surface area contributed by atoms with Crippen LogP contribution in [0.5, 0.6) is 0 Å². The Balaban J connectivity index is 2.48. The summed E-state index contributed by atoms with van der Waals surface area (Å²) in [5.41, 5.74) is 0.693. The van der Waals surface area contributed by atoms with Crippen LogP contribution in [0.25, 0.3) is 0 Å². The van der Waals surface area contributed by atoms with E-state index in [9.17, 15) is 4.39 Å². The Kier molecular flexibility index (Phi) is 5.57. The lowest BCUT2D eigenvalue weighted by molar-refractivity contribution is 0.537. The van der Waals surface area contributed by atoms with Gasteiger partial charge >= 0.3 is 0 Å². The van der Waals surface area contributed by atoms with Gasteiger partial charge in [-0.1, -0.05) is 31.5 Å². The first-order chi connectivity index (χ1) is 7.49. The fraction of sp³-hybridized carbons (Fsp3) is 0.538. The van der Waals surface area contributed by atoms with Crippen LogP contribution in [0, 0.1) is 11.7 Å². The predicted octanol–water partition coefficient (Wildman–Crippen LogP) is 5.07. The van der Waals surface area contributed by atoms with Crippen LogP contribution in [0.1, 0.15) is 32.3 Å². The van der Waals surface area contributed by atoms with Gasteiger partial charge in [0.2, 0.25) is 0 Å². The van der Waals surface area contributed by atoms with Crippen molar-refractivity contribution >= 4 is 23.2 Å². The summed E-state index contributed by atoms with van der Waals surface area (Å²) in [7, 11) is 0. The van der Waals surface area contributed by atoms with Gasteiger partial charge in [0.15, 0.2) is 0 Å². The van der Waals surface area contributed by atoms with Gasteiger partial charge in [0.05, 0.1) is 0 Å². The zero-order valence-corrected chi connectivity index (χ0v) is 11.2. The van der Waals surface area contributed by atoms with Crippen LogP contribution >= 0.6 is 23.2 Å². The molecule has 1 aromatic carbocycles. The molecule has 0 aliphatic rings. The zero-order chi connectivity index (χ0) is 12.1. The van der Waals surface area contributed by atoms with Crippen LogP contribution < -0.4 is 0 Å². The molecule has 16 heavy (non-hydrogen) atoms. The lowest BCUT2D eigenvalue weighted by Crippen LogP contribution is -2.05. The van der Waals surface area contributed by atoms with Gasteiger partial charge < -0.3 is 0 Å². The second-order valence-corrected chi connectivity index (χ2v) is 5.55. The van der Waals surface area contributed by atoms with Crippen LogP contribution in [0.4, 0.5) is 4.39 Å². The van der Waals surface area contributed by atoms with Crippen molar-refractivity contribution in [2.24, 2.45) is 5.92 Å². The topological polar surface area (TPSA) is 0 Å². The largest absolute Gasteiger partial charge is 0.207 e. The Morgan fingerprint density at radius 2 is 2.00 bits per heavy atom. The van der Waals surface area contributed by atoms with E-state index < -0.39 is 0 Å². The van der Waals surface area contributed by atoms with Crippen LogP contribution in [0.3, 0.4) is 0 Å². The van der Waals surface area contributed by atoms with Gasteiger partial charge in [-0.3, -0.25) is 0 Å². The Morgan fingerprint density at radius 3 is 2.56 bits per heavy atom. The molecule has 1 aromatic rings. The number of hydrogen-bond donors (Lipinski definition) is 0. The second kappa shape index (κ2) is 6.46. The van der Waals surface area contributed by atoms with E-state index in [4.69, 9.17) is 23.2 Å². The van der Waals surface area contributed by atoms with E-state index in [-0.39, 0.29) is 11.2 Å². The third-order valence-corrected chi connectivity index (χ3v) is 3.10. The first kappa shape index (κ1) is 13.8. The van der Waals surface area contributed by atoms with E-state index in [0.717, 1.165) is 12.8 Å². The van der Waals surface area contributed by atoms with Gasteiger partial charge in [-0.05, 0) is 42.9 Å². The lowest BCUT2D eigenvalue weighted by Gasteiger charge is -2.12. The minimum absolute atomic E-state index is 0.120. The molecule has 0 aromatic heterocycles. The number of aryl methyl sites for hydroxylation is 1. The summed E-state index contributed by atoms with van der Waals surface area (Å²) < 4.78 is 13.4. The quantitative estimate of drug-likeness (QED) is 0.651. The average molecular weight is 263 g/mol. The fourth-order valence-corrected chi connectivity index (χ4v) is 2.29. The molecule has 90 valence electrons. The number of benzene rings is 1. The summed E-state index contributed by atoms with van der Waals surface area (Å²) in [6.45, 7) is 4.27. The molecular weight excluding hydrogens is 246 g/mol. The van der Waals surface area contributed by atoms with Gasteiger partial charge in [-0.2, -0.15) is 0 Å². The first-order valence-electron chi connectivity index (χ1n) is 5.57. The molecule has 0 saturated carbocycles. The highest BCUT2D eigenvalue weighted by molar-refractivity contribution is 6.30. The minimum Gasteiger partial charge on any atom is -0.207 e. The van der Waals surface area contributed by atoms with Crippen molar-refractivity contribution in [1.82, 2.24) is 0 Å².